The number of carbonyl (C=O) groups is 1. The summed E-state index contributed by atoms with van der Waals surface area (Å²) in [4.78, 5) is 19.2. The largest absolute Gasteiger partial charge is 0.492 e. The van der Waals surface area contributed by atoms with E-state index in [0.29, 0.717) is 19.7 Å². The first-order valence-corrected chi connectivity index (χ1v) is 9.81. The second-order valence-electron chi connectivity index (χ2n) is 7.20. The maximum atomic E-state index is 12.3. The maximum Gasteiger partial charge on any atom is 0.234 e. The lowest BCUT2D eigenvalue weighted by atomic mass is 10.2. The monoisotopic (exact) mass is 378 g/mol. The number of aryl methyl sites for hydroxylation is 2. The molecule has 0 aliphatic carbocycles. The van der Waals surface area contributed by atoms with Gasteiger partial charge < -0.3 is 14.6 Å². The molecule has 0 spiro atoms. The van der Waals surface area contributed by atoms with E-state index in [1.54, 1.807) is 0 Å². The van der Waals surface area contributed by atoms with Gasteiger partial charge in [0, 0.05) is 38.7 Å². The maximum absolute atomic E-state index is 12.3. The van der Waals surface area contributed by atoms with Gasteiger partial charge in [0.1, 0.15) is 18.2 Å². The van der Waals surface area contributed by atoms with E-state index in [-0.39, 0.29) is 5.91 Å². The number of carbonyl (C=O) groups excluding carboxylic acids is 1. The number of rotatable bonds is 6. The number of ether oxygens (including phenoxy) is 1. The highest BCUT2D eigenvalue weighted by molar-refractivity contribution is 5.78. The van der Waals surface area contributed by atoms with Crippen LogP contribution in [0.25, 0.3) is 11.0 Å². The summed E-state index contributed by atoms with van der Waals surface area (Å²) in [6.07, 6.45) is 1.71. The number of imidazole rings is 1. The smallest absolute Gasteiger partial charge is 0.234 e. The summed E-state index contributed by atoms with van der Waals surface area (Å²) in [5, 5.41) is 3.04. The summed E-state index contributed by atoms with van der Waals surface area (Å²) in [5.74, 6) is 2.04. The molecule has 0 saturated carbocycles. The molecule has 0 radical (unpaired) electrons. The molecule has 0 bridgehead atoms. The van der Waals surface area contributed by atoms with Crippen LogP contribution in [-0.2, 0) is 24.8 Å². The molecule has 6 nitrogen and oxygen atoms in total. The Kier molecular flexibility index (Phi) is 5.58. The molecule has 1 aliphatic heterocycles. The van der Waals surface area contributed by atoms with Crippen molar-refractivity contribution in [1.82, 2.24) is 19.8 Å². The van der Waals surface area contributed by atoms with E-state index in [4.69, 9.17) is 4.74 Å². The molecule has 0 fully saturated rings. The molecule has 1 aromatic heterocycles. The number of fused-ring (bicyclic) bond motifs is 2. The van der Waals surface area contributed by atoms with Gasteiger partial charge in [-0.3, -0.25) is 9.69 Å². The molecule has 0 atom stereocenters. The molecule has 146 valence electrons. The van der Waals surface area contributed by atoms with Crippen molar-refractivity contribution in [1.29, 1.82) is 0 Å². The SMILES string of the molecule is Cn1c(CCCNC(=O)CN2CCOc3ccccc3C2)nc2ccccc21. The van der Waals surface area contributed by atoms with Gasteiger partial charge in [-0.2, -0.15) is 0 Å². The van der Waals surface area contributed by atoms with Gasteiger partial charge in [-0.1, -0.05) is 30.3 Å². The Morgan fingerprint density at radius 1 is 1.18 bits per heavy atom. The number of hydrogen-bond donors (Lipinski definition) is 1. The fourth-order valence-electron chi connectivity index (χ4n) is 3.67. The molecular weight excluding hydrogens is 352 g/mol. The second-order valence-corrected chi connectivity index (χ2v) is 7.20. The fraction of sp³-hybridized carbons (Fsp3) is 0.364. The number of para-hydroxylation sites is 3. The van der Waals surface area contributed by atoms with Crippen LogP contribution in [0.1, 0.15) is 17.8 Å². The van der Waals surface area contributed by atoms with Crippen molar-refractivity contribution < 1.29 is 9.53 Å². The topological polar surface area (TPSA) is 59.4 Å². The normalized spacial score (nSPS) is 14.3. The van der Waals surface area contributed by atoms with Gasteiger partial charge in [-0.05, 0) is 24.6 Å². The minimum absolute atomic E-state index is 0.0596. The number of nitrogens with zero attached hydrogens (tertiary/aromatic N) is 3. The van der Waals surface area contributed by atoms with Crippen molar-refractivity contribution in [2.24, 2.45) is 7.05 Å². The van der Waals surface area contributed by atoms with E-state index in [1.807, 2.05) is 43.4 Å². The first-order valence-electron chi connectivity index (χ1n) is 9.81. The number of aromatic nitrogens is 2. The highest BCUT2D eigenvalue weighted by Gasteiger charge is 2.17. The highest BCUT2D eigenvalue weighted by Crippen LogP contribution is 2.22. The van der Waals surface area contributed by atoms with Crippen LogP contribution in [0.4, 0.5) is 0 Å². The van der Waals surface area contributed by atoms with Crippen LogP contribution in [0.15, 0.2) is 48.5 Å². The molecule has 6 heteroatoms. The van der Waals surface area contributed by atoms with Crippen molar-refractivity contribution in [2.75, 3.05) is 26.2 Å². The first-order chi connectivity index (χ1) is 13.7. The zero-order valence-corrected chi connectivity index (χ0v) is 16.2. The highest BCUT2D eigenvalue weighted by atomic mass is 16.5. The summed E-state index contributed by atoms with van der Waals surface area (Å²) in [7, 11) is 2.04. The average Bonchev–Trinajstić information content (AvgIpc) is 2.88. The zero-order valence-electron chi connectivity index (χ0n) is 16.2. The van der Waals surface area contributed by atoms with Gasteiger partial charge >= 0.3 is 0 Å². The molecule has 1 N–H and O–H groups in total. The van der Waals surface area contributed by atoms with Gasteiger partial charge in [0.15, 0.2) is 0 Å². The lowest BCUT2D eigenvalue weighted by Crippen LogP contribution is -2.38. The molecule has 2 aromatic carbocycles. The van der Waals surface area contributed by atoms with E-state index in [9.17, 15) is 4.79 Å². The Morgan fingerprint density at radius 2 is 2.00 bits per heavy atom. The summed E-state index contributed by atoms with van der Waals surface area (Å²) in [6.45, 7) is 3.15. The Labute approximate surface area is 165 Å². The van der Waals surface area contributed by atoms with Crippen molar-refractivity contribution in [3.63, 3.8) is 0 Å². The number of hydrogen-bond acceptors (Lipinski definition) is 4. The third-order valence-electron chi connectivity index (χ3n) is 5.18. The van der Waals surface area contributed by atoms with Gasteiger partial charge in [0.2, 0.25) is 5.91 Å². The van der Waals surface area contributed by atoms with Crippen LogP contribution in [0.2, 0.25) is 0 Å². The fourth-order valence-corrected chi connectivity index (χ4v) is 3.67. The van der Waals surface area contributed by atoms with E-state index in [0.717, 1.165) is 54.1 Å². The van der Waals surface area contributed by atoms with E-state index >= 15 is 0 Å². The van der Waals surface area contributed by atoms with Crippen LogP contribution >= 0.6 is 0 Å². The van der Waals surface area contributed by atoms with E-state index in [1.165, 1.54) is 0 Å². The van der Waals surface area contributed by atoms with E-state index < -0.39 is 0 Å². The summed E-state index contributed by atoms with van der Waals surface area (Å²) in [6, 6.07) is 16.2. The summed E-state index contributed by atoms with van der Waals surface area (Å²) in [5.41, 5.74) is 3.30. The van der Waals surface area contributed by atoms with Crippen LogP contribution in [-0.4, -0.2) is 46.6 Å². The first kappa shape index (κ1) is 18.5. The van der Waals surface area contributed by atoms with Crippen LogP contribution in [0.3, 0.4) is 0 Å². The Bertz CT molecular complexity index is 966. The second kappa shape index (κ2) is 8.44. The van der Waals surface area contributed by atoms with Gasteiger partial charge in [0.05, 0.1) is 17.6 Å². The third kappa shape index (κ3) is 4.17. The number of nitrogens with one attached hydrogen (secondary N) is 1. The molecule has 3 aromatic rings. The van der Waals surface area contributed by atoms with Gasteiger partial charge in [-0.15, -0.1) is 0 Å². The standard InChI is InChI=1S/C22H26N4O2/c1-25-19-9-4-3-8-18(19)24-21(25)11-6-12-23-22(27)16-26-13-14-28-20-10-5-2-7-17(20)15-26/h2-5,7-10H,6,11-16H2,1H3,(H,23,27). The predicted molar refractivity (Wildman–Crippen MR) is 109 cm³/mol. The molecule has 0 saturated heterocycles. The van der Waals surface area contributed by atoms with Crippen LogP contribution < -0.4 is 10.1 Å². The number of benzene rings is 2. The Morgan fingerprint density at radius 3 is 2.89 bits per heavy atom. The van der Waals surface area contributed by atoms with Gasteiger partial charge in [-0.25, -0.2) is 4.98 Å². The van der Waals surface area contributed by atoms with Crippen molar-refractivity contribution in [3.8, 4) is 5.75 Å². The zero-order chi connectivity index (χ0) is 19.3. The summed E-state index contributed by atoms with van der Waals surface area (Å²) >= 11 is 0. The minimum atomic E-state index is 0.0596. The Hall–Kier alpha value is -2.86. The molecule has 1 amide bonds. The van der Waals surface area contributed by atoms with Crippen LogP contribution in [0.5, 0.6) is 5.75 Å². The molecule has 28 heavy (non-hydrogen) atoms. The predicted octanol–water partition coefficient (Wildman–Crippen LogP) is 2.52. The molecular formula is C22H26N4O2. The molecule has 2 heterocycles. The summed E-state index contributed by atoms with van der Waals surface area (Å²) < 4.78 is 7.89. The lowest BCUT2D eigenvalue weighted by Gasteiger charge is -2.18. The average molecular weight is 378 g/mol. The minimum Gasteiger partial charge on any atom is -0.492 e. The lowest BCUT2D eigenvalue weighted by molar-refractivity contribution is -0.122. The number of amides is 1. The van der Waals surface area contributed by atoms with Gasteiger partial charge in [0.25, 0.3) is 0 Å². The van der Waals surface area contributed by atoms with Crippen LogP contribution in [0, 0.1) is 0 Å². The van der Waals surface area contributed by atoms with Crippen molar-refractivity contribution >= 4 is 16.9 Å². The molecule has 1 aliphatic rings. The van der Waals surface area contributed by atoms with E-state index in [2.05, 4.69) is 31.9 Å². The molecule has 0 unspecified atom stereocenters. The quantitative estimate of drug-likeness (QED) is 0.670. The van der Waals surface area contributed by atoms with Crippen molar-refractivity contribution in [2.45, 2.75) is 19.4 Å². The molecule has 4 rings (SSSR count). The third-order valence-corrected chi connectivity index (χ3v) is 5.18. The Balaban J connectivity index is 1.24. The van der Waals surface area contributed by atoms with Crippen molar-refractivity contribution in [3.05, 3.63) is 59.9 Å².